The molecule has 112 valence electrons. The number of hydrogen-bond donors (Lipinski definition) is 2. The van der Waals surface area contributed by atoms with Crippen LogP contribution in [0.5, 0.6) is 0 Å². The van der Waals surface area contributed by atoms with E-state index >= 15 is 0 Å². The molecule has 0 saturated carbocycles. The molecular weight excluding hydrogens is 276 g/mol. The van der Waals surface area contributed by atoms with Crippen LogP contribution < -0.4 is 10.2 Å². The number of aromatic amines is 1. The Balaban J connectivity index is 1.74. The molecule has 1 aromatic carbocycles. The largest absolute Gasteiger partial charge is 0.337 e. The summed E-state index contributed by atoms with van der Waals surface area (Å²) >= 11 is 0. The van der Waals surface area contributed by atoms with E-state index in [0.29, 0.717) is 17.8 Å². The van der Waals surface area contributed by atoms with Gasteiger partial charge in [-0.15, -0.1) is 5.10 Å². The van der Waals surface area contributed by atoms with Gasteiger partial charge in [0.25, 0.3) is 0 Å². The fourth-order valence-electron chi connectivity index (χ4n) is 2.49. The van der Waals surface area contributed by atoms with E-state index < -0.39 is 11.6 Å². The number of benzene rings is 1. The second-order valence-corrected chi connectivity index (χ2v) is 5.27. The van der Waals surface area contributed by atoms with E-state index in [9.17, 15) is 8.78 Å². The smallest absolute Gasteiger partial charge is 0.244 e. The van der Waals surface area contributed by atoms with Crippen molar-refractivity contribution < 1.29 is 8.78 Å². The Bertz CT molecular complexity index is 628. The highest BCUT2D eigenvalue weighted by Gasteiger charge is 2.19. The third kappa shape index (κ3) is 3.02. The van der Waals surface area contributed by atoms with Crippen molar-refractivity contribution in [2.75, 3.05) is 24.5 Å². The number of anilines is 1. The summed E-state index contributed by atoms with van der Waals surface area (Å²) in [7, 11) is 0. The first kappa shape index (κ1) is 13.9. The van der Waals surface area contributed by atoms with Crippen LogP contribution in [0.4, 0.5) is 14.7 Å². The number of halogens is 2. The van der Waals surface area contributed by atoms with E-state index in [4.69, 9.17) is 0 Å². The minimum Gasteiger partial charge on any atom is -0.337 e. The normalized spacial score (nSPS) is 19.0. The molecule has 2 heterocycles. The maximum Gasteiger partial charge on any atom is 0.244 e. The molecule has 7 heteroatoms. The van der Waals surface area contributed by atoms with E-state index in [1.54, 1.807) is 6.07 Å². The third-order valence-corrected chi connectivity index (χ3v) is 3.56. The highest BCUT2D eigenvalue weighted by molar-refractivity contribution is 5.31. The fraction of sp³-hybridized carbons (Fsp3) is 0.429. The molecule has 0 spiro atoms. The van der Waals surface area contributed by atoms with Gasteiger partial charge >= 0.3 is 0 Å². The number of H-pyrrole nitrogens is 1. The van der Waals surface area contributed by atoms with Crippen molar-refractivity contribution in [3.05, 3.63) is 41.2 Å². The van der Waals surface area contributed by atoms with Gasteiger partial charge in [-0.2, -0.15) is 4.98 Å². The lowest BCUT2D eigenvalue weighted by Gasteiger charge is -2.30. The van der Waals surface area contributed by atoms with Crippen molar-refractivity contribution in [1.29, 1.82) is 0 Å². The van der Waals surface area contributed by atoms with Gasteiger partial charge < -0.3 is 10.2 Å². The van der Waals surface area contributed by atoms with Gasteiger partial charge in [0.1, 0.15) is 5.82 Å². The molecular formula is C14H17F2N5. The summed E-state index contributed by atoms with van der Waals surface area (Å²) in [6, 6.07) is 4.52. The molecule has 1 atom stereocenters. The maximum atomic E-state index is 13.6. The Morgan fingerprint density at radius 2 is 2.24 bits per heavy atom. The standard InChI is InChI=1S/C14H17F2N5/c1-9-8-21(6-5-17-9)14-18-12(19-20-14)7-10-3-2-4-11(15)13(10)16/h2-4,9,17H,5-8H2,1H3,(H,18,19,20). The second kappa shape index (κ2) is 5.77. The van der Waals surface area contributed by atoms with Crippen molar-refractivity contribution in [3.8, 4) is 0 Å². The molecule has 1 aromatic heterocycles. The molecule has 2 N–H and O–H groups in total. The van der Waals surface area contributed by atoms with Crippen LogP contribution >= 0.6 is 0 Å². The molecule has 3 rings (SSSR count). The summed E-state index contributed by atoms with van der Waals surface area (Å²) in [5, 5.41) is 10.3. The Kier molecular flexibility index (Phi) is 3.83. The Morgan fingerprint density at radius 3 is 3.05 bits per heavy atom. The number of rotatable bonds is 3. The number of nitrogens with one attached hydrogen (secondary N) is 2. The number of hydrogen-bond acceptors (Lipinski definition) is 4. The lowest BCUT2D eigenvalue weighted by molar-refractivity contribution is 0.479. The van der Waals surface area contributed by atoms with E-state index in [1.807, 2.05) is 0 Å². The van der Waals surface area contributed by atoms with Gasteiger partial charge in [0.2, 0.25) is 5.95 Å². The first-order valence-corrected chi connectivity index (χ1v) is 6.96. The minimum atomic E-state index is -0.844. The molecule has 0 bridgehead atoms. The fourth-order valence-corrected chi connectivity index (χ4v) is 2.49. The topological polar surface area (TPSA) is 56.8 Å². The zero-order valence-corrected chi connectivity index (χ0v) is 11.7. The van der Waals surface area contributed by atoms with Crippen LogP contribution in [0.3, 0.4) is 0 Å². The summed E-state index contributed by atoms with van der Waals surface area (Å²) in [6.07, 6.45) is 0.193. The van der Waals surface area contributed by atoms with Crippen molar-refractivity contribution in [2.24, 2.45) is 0 Å². The molecule has 1 saturated heterocycles. The van der Waals surface area contributed by atoms with Crippen molar-refractivity contribution >= 4 is 5.95 Å². The third-order valence-electron chi connectivity index (χ3n) is 3.56. The van der Waals surface area contributed by atoms with Gasteiger partial charge in [0.15, 0.2) is 11.6 Å². The Hall–Kier alpha value is -2.02. The van der Waals surface area contributed by atoms with Gasteiger partial charge in [-0.1, -0.05) is 12.1 Å². The van der Waals surface area contributed by atoms with Crippen molar-refractivity contribution in [2.45, 2.75) is 19.4 Å². The van der Waals surface area contributed by atoms with Gasteiger partial charge in [0.05, 0.1) is 0 Å². The first-order chi connectivity index (χ1) is 10.1. The lowest BCUT2D eigenvalue weighted by Crippen LogP contribution is -2.49. The van der Waals surface area contributed by atoms with Crippen LogP contribution in [0, 0.1) is 11.6 Å². The second-order valence-electron chi connectivity index (χ2n) is 5.27. The van der Waals surface area contributed by atoms with Gasteiger partial charge in [0, 0.05) is 32.1 Å². The van der Waals surface area contributed by atoms with Crippen LogP contribution in [0.25, 0.3) is 0 Å². The summed E-state index contributed by atoms with van der Waals surface area (Å²) < 4.78 is 26.8. The summed E-state index contributed by atoms with van der Waals surface area (Å²) in [5.41, 5.74) is 0.270. The highest BCUT2D eigenvalue weighted by Crippen LogP contribution is 2.16. The van der Waals surface area contributed by atoms with Crippen LogP contribution in [-0.2, 0) is 6.42 Å². The maximum absolute atomic E-state index is 13.6. The van der Waals surface area contributed by atoms with Crippen molar-refractivity contribution in [1.82, 2.24) is 20.5 Å². The van der Waals surface area contributed by atoms with Gasteiger partial charge in [-0.05, 0) is 18.6 Å². The number of aromatic nitrogens is 3. The molecule has 5 nitrogen and oxygen atoms in total. The van der Waals surface area contributed by atoms with Crippen LogP contribution in [0.15, 0.2) is 18.2 Å². The number of piperazine rings is 1. The quantitative estimate of drug-likeness (QED) is 0.900. The number of nitrogens with zero attached hydrogens (tertiary/aromatic N) is 3. The zero-order valence-electron chi connectivity index (χ0n) is 11.7. The Labute approximate surface area is 121 Å². The minimum absolute atomic E-state index is 0.193. The lowest BCUT2D eigenvalue weighted by atomic mass is 10.1. The monoisotopic (exact) mass is 293 g/mol. The van der Waals surface area contributed by atoms with Crippen molar-refractivity contribution in [3.63, 3.8) is 0 Å². The molecule has 1 unspecified atom stereocenters. The summed E-state index contributed by atoms with van der Waals surface area (Å²) in [5.74, 6) is -0.537. The molecule has 1 fully saturated rings. The molecule has 0 amide bonds. The van der Waals surface area contributed by atoms with Gasteiger partial charge in [-0.3, -0.25) is 5.10 Å². The van der Waals surface area contributed by atoms with Crippen LogP contribution in [0.2, 0.25) is 0 Å². The first-order valence-electron chi connectivity index (χ1n) is 6.96. The molecule has 0 aliphatic carbocycles. The molecule has 1 aliphatic heterocycles. The van der Waals surface area contributed by atoms with E-state index in [1.165, 1.54) is 6.07 Å². The summed E-state index contributed by atoms with van der Waals surface area (Å²) in [6.45, 7) is 4.63. The van der Waals surface area contributed by atoms with E-state index in [0.717, 1.165) is 25.7 Å². The SMILES string of the molecule is CC1CN(c2n[nH]c(Cc3cccc(F)c3F)n2)CCN1. The van der Waals surface area contributed by atoms with E-state index in [-0.39, 0.29) is 12.0 Å². The van der Waals surface area contributed by atoms with Crippen LogP contribution in [0.1, 0.15) is 18.3 Å². The average Bonchev–Trinajstić information content (AvgIpc) is 2.93. The molecule has 21 heavy (non-hydrogen) atoms. The molecule has 2 aromatic rings. The van der Waals surface area contributed by atoms with Gasteiger partial charge in [-0.25, -0.2) is 8.78 Å². The highest BCUT2D eigenvalue weighted by atomic mass is 19.2. The molecule has 0 radical (unpaired) electrons. The van der Waals surface area contributed by atoms with E-state index in [2.05, 4.69) is 32.3 Å². The zero-order chi connectivity index (χ0) is 14.8. The summed E-state index contributed by atoms with van der Waals surface area (Å²) in [4.78, 5) is 6.45. The Morgan fingerprint density at radius 1 is 1.38 bits per heavy atom. The predicted octanol–water partition coefficient (Wildman–Crippen LogP) is 1.47. The predicted molar refractivity (Wildman–Crippen MR) is 75.2 cm³/mol. The molecule has 1 aliphatic rings. The van der Waals surface area contributed by atoms with Crippen LogP contribution in [-0.4, -0.2) is 40.9 Å². The average molecular weight is 293 g/mol.